The van der Waals surface area contributed by atoms with Gasteiger partial charge in [-0.05, 0) is 48.4 Å². The summed E-state index contributed by atoms with van der Waals surface area (Å²) in [6, 6.07) is 11.8. The van der Waals surface area contributed by atoms with E-state index in [4.69, 9.17) is 11.6 Å². The van der Waals surface area contributed by atoms with Crippen molar-refractivity contribution in [2.24, 2.45) is 0 Å². The van der Waals surface area contributed by atoms with E-state index < -0.39 is 0 Å². The molecule has 2 aromatic rings. The molecule has 1 aliphatic rings. The Morgan fingerprint density at radius 2 is 1.73 bits per heavy atom. The van der Waals surface area contributed by atoms with E-state index in [1.807, 2.05) is 6.07 Å². The van der Waals surface area contributed by atoms with Crippen LogP contribution in [0.1, 0.15) is 15.9 Å². The highest BCUT2D eigenvalue weighted by Crippen LogP contribution is 2.19. The van der Waals surface area contributed by atoms with Gasteiger partial charge in [-0.25, -0.2) is 4.79 Å². The quantitative estimate of drug-likeness (QED) is 0.796. The van der Waals surface area contributed by atoms with Crippen LogP contribution in [0.25, 0.3) is 0 Å². The number of fused-ring (bicyclic) bond motifs is 1. The van der Waals surface area contributed by atoms with Crippen LogP contribution >= 0.6 is 11.6 Å². The number of benzene rings is 2. The summed E-state index contributed by atoms with van der Waals surface area (Å²) in [5, 5.41) is 8.80. The van der Waals surface area contributed by atoms with Crippen molar-refractivity contribution in [1.82, 2.24) is 5.32 Å². The number of hydrogen-bond acceptors (Lipinski definition) is 2. The van der Waals surface area contributed by atoms with Crippen molar-refractivity contribution < 1.29 is 9.59 Å². The molecule has 5 nitrogen and oxygen atoms in total. The smallest absolute Gasteiger partial charge is 0.323 e. The summed E-state index contributed by atoms with van der Waals surface area (Å²) in [5.41, 5.74) is 2.81. The predicted octanol–water partition coefficient (Wildman–Crippen LogP) is 3.27. The summed E-state index contributed by atoms with van der Waals surface area (Å²) < 4.78 is 0. The van der Waals surface area contributed by atoms with E-state index in [1.165, 1.54) is 0 Å². The Kier molecular flexibility index (Phi) is 3.98. The first-order valence-electron chi connectivity index (χ1n) is 6.86. The molecule has 0 fully saturated rings. The molecule has 0 bridgehead atoms. The molecule has 22 heavy (non-hydrogen) atoms. The van der Waals surface area contributed by atoms with Crippen molar-refractivity contribution in [2.45, 2.75) is 6.42 Å². The zero-order valence-electron chi connectivity index (χ0n) is 11.7. The standard InChI is InChI=1S/C16H14ClN3O2/c17-11-2-5-12(6-3-11)19-16(22)20-13-4-1-10-7-8-18-15(21)14(10)9-13/h1-6,9H,7-8H2,(H,18,21)(H2,19,20,22). The van der Waals surface area contributed by atoms with E-state index >= 15 is 0 Å². The highest BCUT2D eigenvalue weighted by molar-refractivity contribution is 6.30. The van der Waals surface area contributed by atoms with Crippen LogP contribution in [-0.4, -0.2) is 18.5 Å². The predicted molar refractivity (Wildman–Crippen MR) is 86.6 cm³/mol. The molecule has 0 saturated carbocycles. The third-order valence-electron chi connectivity index (χ3n) is 3.39. The summed E-state index contributed by atoms with van der Waals surface area (Å²) in [7, 11) is 0. The minimum atomic E-state index is -0.376. The van der Waals surface area contributed by atoms with Crippen molar-refractivity contribution in [3.63, 3.8) is 0 Å². The van der Waals surface area contributed by atoms with Gasteiger partial charge in [-0.15, -0.1) is 0 Å². The van der Waals surface area contributed by atoms with Crippen LogP contribution in [0.15, 0.2) is 42.5 Å². The molecular formula is C16H14ClN3O2. The SMILES string of the molecule is O=C(Nc1ccc(Cl)cc1)Nc1ccc2c(c1)C(=O)NCC2. The van der Waals surface area contributed by atoms with E-state index in [-0.39, 0.29) is 11.9 Å². The fourth-order valence-corrected chi connectivity index (χ4v) is 2.44. The highest BCUT2D eigenvalue weighted by atomic mass is 35.5. The normalized spacial score (nSPS) is 13.0. The summed E-state index contributed by atoms with van der Waals surface area (Å²) in [4.78, 5) is 23.8. The van der Waals surface area contributed by atoms with Gasteiger partial charge in [-0.1, -0.05) is 17.7 Å². The number of carbonyl (C=O) groups excluding carboxylic acids is 2. The summed E-state index contributed by atoms with van der Waals surface area (Å²) in [6.07, 6.45) is 0.804. The van der Waals surface area contributed by atoms with Crippen LogP contribution in [-0.2, 0) is 6.42 Å². The second-order valence-corrected chi connectivity index (χ2v) is 5.40. The van der Waals surface area contributed by atoms with Crippen LogP contribution in [0.2, 0.25) is 5.02 Å². The van der Waals surface area contributed by atoms with E-state index in [0.717, 1.165) is 12.0 Å². The third kappa shape index (κ3) is 3.20. The Hall–Kier alpha value is -2.53. The Bertz CT molecular complexity index is 729. The molecule has 1 aliphatic heterocycles. The lowest BCUT2D eigenvalue weighted by atomic mass is 10.00. The fraction of sp³-hybridized carbons (Fsp3) is 0.125. The maximum Gasteiger partial charge on any atom is 0.323 e. The van der Waals surface area contributed by atoms with E-state index in [1.54, 1.807) is 36.4 Å². The van der Waals surface area contributed by atoms with Crippen LogP contribution in [0.5, 0.6) is 0 Å². The van der Waals surface area contributed by atoms with Gasteiger partial charge in [0.05, 0.1) is 0 Å². The molecule has 1 heterocycles. The second kappa shape index (κ2) is 6.07. The lowest BCUT2D eigenvalue weighted by molar-refractivity contribution is 0.0946. The first kappa shape index (κ1) is 14.4. The van der Waals surface area contributed by atoms with Gasteiger partial charge in [0.2, 0.25) is 0 Å². The molecule has 0 radical (unpaired) electrons. The molecule has 0 saturated heterocycles. The van der Waals surface area contributed by atoms with Crippen molar-refractivity contribution in [2.75, 3.05) is 17.2 Å². The molecule has 0 atom stereocenters. The van der Waals surface area contributed by atoms with E-state index in [0.29, 0.717) is 28.5 Å². The van der Waals surface area contributed by atoms with Crippen LogP contribution < -0.4 is 16.0 Å². The monoisotopic (exact) mass is 315 g/mol. The summed E-state index contributed by atoms with van der Waals surface area (Å²) >= 11 is 5.79. The van der Waals surface area contributed by atoms with Crippen molar-refractivity contribution in [3.8, 4) is 0 Å². The first-order chi connectivity index (χ1) is 10.6. The zero-order chi connectivity index (χ0) is 15.5. The van der Waals surface area contributed by atoms with Crippen molar-refractivity contribution in [3.05, 3.63) is 58.6 Å². The Balaban J connectivity index is 1.70. The summed E-state index contributed by atoms with van der Waals surface area (Å²) in [5.74, 6) is -0.108. The zero-order valence-corrected chi connectivity index (χ0v) is 12.4. The largest absolute Gasteiger partial charge is 0.352 e. The summed E-state index contributed by atoms with van der Waals surface area (Å²) in [6.45, 7) is 0.648. The first-order valence-corrected chi connectivity index (χ1v) is 7.24. The number of halogens is 1. The van der Waals surface area contributed by atoms with Crippen LogP contribution in [0.3, 0.4) is 0 Å². The molecule has 6 heteroatoms. The van der Waals surface area contributed by atoms with E-state index in [9.17, 15) is 9.59 Å². The molecule has 3 amide bonds. The molecule has 0 spiro atoms. The number of anilines is 2. The number of urea groups is 1. The van der Waals surface area contributed by atoms with Gasteiger partial charge in [0.25, 0.3) is 5.91 Å². The number of hydrogen-bond donors (Lipinski definition) is 3. The second-order valence-electron chi connectivity index (χ2n) is 4.96. The number of carbonyl (C=O) groups is 2. The van der Waals surface area contributed by atoms with Gasteiger partial charge < -0.3 is 16.0 Å². The molecule has 2 aromatic carbocycles. The Labute approximate surface area is 132 Å². The average Bonchev–Trinajstić information content (AvgIpc) is 2.50. The lowest BCUT2D eigenvalue weighted by Crippen LogP contribution is -2.32. The van der Waals surface area contributed by atoms with Gasteiger partial charge in [-0.3, -0.25) is 4.79 Å². The minimum Gasteiger partial charge on any atom is -0.352 e. The minimum absolute atomic E-state index is 0.108. The van der Waals surface area contributed by atoms with Gasteiger partial charge >= 0.3 is 6.03 Å². The number of rotatable bonds is 2. The van der Waals surface area contributed by atoms with E-state index in [2.05, 4.69) is 16.0 Å². The molecule has 0 unspecified atom stereocenters. The number of nitrogens with one attached hydrogen (secondary N) is 3. The molecule has 112 valence electrons. The van der Waals surface area contributed by atoms with Gasteiger partial charge in [0, 0.05) is 28.5 Å². The van der Waals surface area contributed by atoms with Crippen molar-refractivity contribution >= 4 is 34.9 Å². The molecular weight excluding hydrogens is 302 g/mol. The maximum absolute atomic E-state index is 12.0. The van der Waals surface area contributed by atoms with Crippen molar-refractivity contribution in [1.29, 1.82) is 0 Å². The molecule has 3 rings (SSSR count). The third-order valence-corrected chi connectivity index (χ3v) is 3.65. The van der Waals surface area contributed by atoms with Gasteiger partial charge in [-0.2, -0.15) is 0 Å². The average molecular weight is 316 g/mol. The molecule has 3 N–H and O–H groups in total. The van der Waals surface area contributed by atoms with Gasteiger partial charge in [0.1, 0.15) is 0 Å². The molecule has 0 aliphatic carbocycles. The maximum atomic E-state index is 12.0. The van der Waals surface area contributed by atoms with Crippen LogP contribution in [0.4, 0.5) is 16.2 Å². The highest BCUT2D eigenvalue weighted by Gasteiger charge is 2.17. The fourth-order valence-electron chi connectivity index (χ4n) is 2.32. The lowest BCUT2D eigenvalue weighted by Gasteiger charge is -2.17. The van der Waals surface area contributed by atoms with Crippen LogP contribution in [0, 0.1) is 0 Å². The van der Waals surface area contributed by atoms with Gasteiger partial charge in [0.15, 0.2) is 0 Å². The number of amides is 3. The molecule has 0 aromatic heterocycles. The Morgan fingerprint density at radius 1 is 1.05 bits per heavy atom. The Morgan fingerprint density at radius 3 is 2.50 bits per heavy atom. The topological polar surface area (TPSA) is 70.2 Å².